The van der Waals surface area contributed by atoms with Crippen LogP contribution in [-0.4, -0.2) is 88.9 Å². The van der Waals surface area contributed by atoms with Crippen LogP contribution >= 0.6 is 23.5 Å². The van der Waals surface area contributed by atoms with Gasteiger partial charge in [-0.3, -0.25) is 28.5 Å². The van der Waals surface area contributed by atoms with Crippen LogP contribution in [0.5, 0.6) is 23.5 Å². The highest BCUT2D eigenvalue weighted by molar-refractivity contribution is 7.99. The van der Waals surface area contributed by atoms with Crippen molar-refractivity contribution in [1.29, 1.82) is 0 Å². The summed E-state index contributed by atoms with van der Waals surface area (Å²) >= 11 is 2.84. The van der Waals surface area contributed by atoms with Crippen molar-refractivity contribution in [3.05, 3.63) is 24.3 Å². The average Bonchev–Trinajstić information content (AvgIpc) is 3.36. The van der Waals surface area contributed by atoms with Gasteiger partial charge in [0.1, 0.15) is 0 Å². The predicted molar refractivity (Wildman–Crippen MR) is 131 cm³/mol. The molecule has 0 saturated heterocycles. The molecular weight excluding hydrogens is 480 g/mol. The zero-order valence-electron chi connectivity index (χ0n) is 19.2. The largest absolute Gasteiger partial charge is 0.494 e. The lowest BCUT2D eigenvalue weighted by Gasteiger charge is -2.25. The Morgan fingerprint density at radius 3 is 1.56 bits per heavy atom. The molecule has 2 aromatic heterocycles. The Morgan fingerprint density at radius 1 is 0.735 bits per heavy atom. The molecule has 3 heterocycles. The second kappa shape index (κ2) is 11.6. The number of carbonyl (C=O) groups is 2. The molecule has 0 aliphatic carbocycles. The molecule has 12 heteroatoms. The van der Waals surface area contributed by atoms with Crippen LogP contribution in [0.3, 0.4) is 0 Å². The molecule has 2 amide bonds. The van der Waals surface area contributed by atoms with Crippen molar-refractivity contribution in [3.8, 4) is 23.5 Å². The molecule has 10 nitrogen and oxygen atoms in total. The number of hydrogen-bond acceptors (Lipinski definition) is 9. The van der Waals surface area contributed by atoms with E-state index in [1.165, 1.54) is 56.9 Å². The van der Waals surface area contributed by atoms with Gasteiger partial charge in [-0.1, -0.05) is 13.8 Å². The molecule has 0 aromatic carbocycles. The Labute approximate surface area is 206 Å². The number of rotatable bonds is 13. The van der Waals surface area contributed by atoms with Gasteiger partial charge in [0.15, 0.2) is 11.8 Å². The van der Waals surface area contributed by atoms with Crippen molar-refractivity contribution >= 4 is 35.3 Å². The van der Waals surface area contributed by atoms with Crippen molar-refractivity contribution in [2.24, 2.45) is 0 Å². The summed E-state index contributed by atoms with van der Waals surface area (Å²) in [6.45, 7) is 5.72. The van der Waals surface area contributed by atoms with Crippen LogP contribution in [0.15, 0.2) is 34.1 Å². The van der Waals surface area contributed by atoms with E-state index >= 15 is 0 Å². The van der Waals surface area contributed by atoms with Gasteiger partial charge >= 0.3 is 0 Å². The minimum absolute atomic E-state index is 0.0136. The van der Waals surface area contributed by atoms with E-state index in [4.69, 9.17) is 0 Å². The standard InChI is InChI=1S/C22H30N4O6S2/c1-3-33-15-13-19(29)25(21(15)31)11-8-23(7-10-24-17(27)5-6-18(24)28)9-12-26-20(30)14-16(22(26)32)34-4-2/h5-6,13-14,29-32H,3-4,7-12H2,1-2H3. The van der Waals surface area contributed by atoms with Crippen LogP contribution in [0.4, 0.5) is 0 Å². The molecule has 186 valence electrons. The molecule has 0 saturated carbocycles. The quantitative estimate of drug-likeness (QED) is 0.237. The first kappa shape index (κ1) is 25.9. The Kier molecular flexibility index (Phi) is 8.86. The fraction of sp³-hybridized carbons (Fsp3) is 0.455. The molecular formula is C22H30N4O6S2. The Morgan fingerprint density at radius 2 is 1.15 bits per heavy atom. The minimum atomic E-state index is -0.367. The number of carbonyl (C=O) groups excluding carboxylic acids is 2. The highest BCUT2D eigenvalue weighted by Crippen LogP contribution is 2.36. The first-order valence-electron chi connectivity index (χ1n) is 11.0. The normalized spacial score (nSPS) is 13.7. The number of aromatic nitrogens is 2. The van der Waals surface area contributed by atoms with E-state index in [0.717, 1.165) is 16.4 Å². The van der Waals surface area contributed by atoms with E-state index in [1.54, 1.807) is 0 Å². The Balaban J connectivity index is 1.71. The summed E-state index contributed by atoms with van der Waals surface area (Å²) in [4.78, 5) is 28.1. The number of hydrogen-bond donors (Lipinski definition) is 4. The summed E-state index contributed by atoms with van der Waals surface area (Å²) in [6.07, 6.45) is 2.47. The van der Waals surface area contributed by atoms with E-state index in [-0.39, 0.29) is 55.0 Å². The van der Waals surface area contributed by atoms with Crippen LogP contribution in [-0.2, 0) is 22.7 Å². The fourth-order valence-corrected chi connectivity index (χ4v) is 5.16. The first-order valence-corrected chi connectivity index (χ1v) is 13.0. The van der Waals surface area contributed by atoms with E-state index < -0.39 is 0 Å². The van der Waals surface area contributed by atoms with Crippen molar-refractivity contribution in [2.45, 2.75) is 36.7 Å². The second-order valence-corrected chi connectivity index (χ2v) is 10.2. The highest BCUT2D eigenvalue weighted by Gasteiger charge is 2.24. The van der Waals surface area contributed by atoms with Crippen molar-refractivity contribution in [3.63, 3.8) is 0 Å². The number of imide groups is 1. The summed E-state index contributed by atoms with van der Waals surface area (Å²) in [7, 11) is 0. The zero-order valence-corrected chi connectivity index (χ0v) is 20.8. The third-order valence-electron chi connectivity index (χ3n) is 5.45. The molecule has 0 atom stereocenters. The number of thioether (sulfide) groups is 2. The predicted octanol–water partition coefficient (Wildman–Crippen LogP) is 2.26. The van der Waals surface area contributed by atoms with Gasteiger partial charge in [-0.05, 0) is 11.5 Å². The van der Waals surface area contributed by atoms with Crippen molar-refractivity contribution in [2.75, 3.05) is 37.7 Å². The second-order valence-electron chi connectivity index (χ2n) is 7.55. The van der Waals surface area contributed by atoms with Gasteiger partial charge in [-0.15, -0.1) is 23.5 Å². The summed E-state index contributed by atoms with van der Waals surface area (Å²) in [6, 6.07) is 3.04. The first-order chi connectivity index (χ1) is 16.3. The lowest BCUT2D eigenvalue weighted by molar-refractivity contribution is -0.137. The van der Waals surface area contributed by atoms with E-state index in [9.17, 15) is 30.0 Å². The van der Waals surface area contributed by atoms with Crippen LogP contribution in [0, 0.1) is 0 Å². The molecule has 4 N–H and O–H groups in total. The van der Waals surface area contributed by atoms with Gasteiger partial charge in [0.05, 0.1) is 9.79 Å². The number of amides is 2. The third-order valence-corrected chi connectivity index (χ3v) is 7.25. The SMILES string of the molecule is CCSc1cc(O)n(CCN(CCN2C(=O)C=CC2=O)CCn2c(O)cc(SCC)c2O)c1O. The van der Waals surface area contributed by atoms with Crippen LogP contribution in [0.25, 0.3) is 0 Å². The molecule has 1 aliphatic rings. The highest BCUT2D eigenvalue weighted by atomic mass is 32.2. The van der Waals surface area contributed by atoms with Gasteiger partial charge in [0, 0.05) is 63.6 Å². The number of nitrogens with zero attached hydrogens (tertiary/aromatic N) is 4. The van der Waals surface area contributed by atoms with Crippen molar-refractivity contribution < 1.29 is 30.0 Å². The van der Waals surface area contributed by atoms with E-state index in [2.05, 4.69) is 0 Å². The maximum Gasteiger partial charge on any atom is 0.253 e. The smallest absolute Gasteiger partial charge is 0.253 e. The summed E-state index contributed by atoms with van der Waals surface area (Å²) in [5.41, 5.74) is 0. The lowest BCUT2D eigenvalue weighted by Crippen LogP contribution is -2.40. The Bertz CT molecular complexity index is 986. The van der Waals surface area contributed by atoms with Gasteiger partial charge in [0.2, 0.25) is 11.8 Å². The molecule has 0 bridgehead atoms. The molecule has 3 rings (SSSR count). The Hall–Kier alpha value is -2.70. The van der Waals surface area contributed by atoms with E-state index in [1.807, 2.05) is 18.7 Å². The maximum atomic E-state index is 11.9. The number of aromatic hydroxyl groups is 4. The van der Waals surface area contributed by atoms with Gasteiger partial charge in [0.25, 0.3) is 11.8 Å². The average molecular weight is 511 g/mol. The summed E-state index contributed by atoms with van der Waals surface area (Å²) in [5.74, 6) is 0.631. The molecule has 0 unspecified atom stereocenters. The minimum Gasteiger partial charge on any atom is -0.494 e. The van der Waals surface area contributed by atoms with Gasteiger partial charge in [-0.2, -0.15) is 0 Å². The molecule has 2 aromatic rings. The molecule has 1 aliphatic heterocycles. The molecule has 0 fully saturated rings. The van der Waals surface area contributed by atoms with Gasteiger partial charge in [-0.25, -0.2) is 0 Å². The topological polar surface area (TPSA) is 131 Å². The third kappa shape index (κ3) is 5.86. The zero-order chi connectivity index (χ0) is 24.8. The van der Waals surface area contributed by atoms with Crippen molar-refractivity contribution in [1.82, 2.24) is 18.9 Å². The van der Waals surface area contributed by atoms with Gasteiger partial charge < -0.3 is 20.4 Å². The molecule has 0 spiro atoms. The summed E-state index contributed by atoms with van der Waals surface area (Å²) in [5, 5.41) is 41.4. The molecule has 34 heavy (non-hydrogen) atoms. The van der Waals surface area contributed by atoms with Crippen LogP contribution < -0.4 is 0 Å². The fourth-order valence-electron chi connectivity index (χ4n) is 3.68. The molecule has 0 radical (unpaired) electrons. The lowest BCUT2D eigenvalue weighted by atomic mass is 10.4. The van der Waals surface area contributed by atoms with E-state index in [0.29, 0.717) is 29.4 Å². The van der Waals surface area contributed by atoms with Crippen LogP contribution in [0.1, 0.15) is 13.8 Å². The monoisotopic (exact) mass is 510 g/mol. The summed E-state index contributed by atoms with van der Waals surface area (Å²) < 4.78 is 2.80. The maximum absolute atomic E-state index is 11.9. The van der Waals surface area contributed by atoms with Crippen LogP contribution in [0.2, 0.25) is 0 Å².